The Morgan fingerprint density at radius 2 is 1.92 bits per heavy atom. The van der Waals surface area contributed by atoms with Gasteiger partial charge < -0.3 is 25.2 Å². The van der Waals surface area contributed by atoms with Crippen LogP contribution in [0, 0.1) is 22.9 Å². The largest absolute Gasteiger partial charge is 0.503 e. The number of nitrogens with one attached hydrogen (secondary N) is 2. The highest BCUT2D eigenvalue weighted by atomic mass is 19.1. The van der Waals surface area contributed by atoms with Crippen molar-refractivity contribution in [1.29, 1.82) is 0 Å². The van der Waals surface area contributed by atoms with Crippen molar-refractivity contribution in [3.05, 3.63) is 62.8 Å². The van der Waals surface area contributed by atoms with Crippen LogP contribution < -0.4 is 16.1 Å². The van der Waals surface area contributed by atoms with Crippen molar-refractivity contribution in [3.63, 3.8) is 0 Å². The molecule has 4 heterocycles. The second kappa shape index (κ2) is 8.38. The third kappa shape index (κ3) is 3.62. The first-order valence-corrected chi connectivity index (χ1v) is 11.5. The zero-order valence-electron chi connectivity index (χ0n) is 19.2. The van der Waals surface area contributed by atoms with E-state index in [1.807, 2.05) is 6.92 Å². The zero-order chi connectivity index (χ0) is 25.9. The fourth-order valence-electron chi connectivity index (χ4n) is 5.56. The summed E-state index contributed by atoms with van der Waals surface area (Å²) in [5.41, 5.74) is -3.13. The predicted octanol–water partition coefficient (Wildman–Crippen LogP) is 1.59. The summed E-state index contributed by atoms with van der Waals surface area (Å²) in [7, 11) is 0. The van der Waals surface area contributed by atoms with Crippen molar-refractivity contribution in [2.45, 2.75) is 44.8 Å². The van der Waals surface area contributed by atoms with Crippen molar-refractivity contribution in [2.24, 2.45) is 5.41 Å². The van der Waals surface area contributed by atoms with Crippen LogP contribution in [0.5, 0.6) is 5.75 Å². The highest BCUT2D eigenvalue weighted by Crippen LogP contribution is 2.48. The van der Waals surface area contributed by atoms with Gasteiger partial charge in [0.05, 0.1) is 6.04 Å². The molecule has 0 saturated carbocycles. The van der Waals surface area contributed by atoms with Gasteiger partial charge in [-0.3, -0.25) is 19.2 Å². The van der Waals surface area contributed by atoms with Crippen LogP contribution in [0.1, 0.15) is 58.6 Å². The summed E-state index contributed by atoms with van der Waals surface area (Å²) < 4.78 is 42.5. The highest BCUT2D eigenvalue weighted by Gasteiger charge is 2.52. The maximum atomic E-state index is 14.0. The molecule has 3 amide bonds. The van der Waals surface area contributed by atoms with Gasteiger partial charge in [0.15, 0.2) is 11.4 Å². The maximum Gasteiger partial charge on any atom is 0.274 e. The van der Waals surface area contributed by atoms with Gasteiger partial charge in [-0.05, 0) is 19.8 Å². The van der Waals surface area contributed by atoms with Crippen LogP contribution in [0.25, 0.3) is 0 Å². The standard InChI is InChI=1S/C24H23F3N4O5/c1-11-2-3-24(6-18(32)29-10-24)17-9-30(11)23(36)19-21(34)20(33)14(8-31(17)19)22(35)28-7-13-15(26)4-12(25)5-16(13)27/h4-5,8,11,17,34H,2-3,6-7,9-10H2,1H3,(H,28,35)(H,29,32)/t11-,17+,24+/m0/s1. The molecule has 1 aromatic heterocycles. The second-order valence-electron chi connectivity index (χ2n) is 9.68. The molecule has 1 spiro atoms. The number of benzene rings is 1. The van der Waals surface area contributed by atoms with Gasteiger partial charge in [-0.1, -0.05) is 0 Å². The first kappa shape index (κ1) is 23.9. The van der Waals surface area contributed by atoms with E-state index in [9.17, 15) is 37.5 Å². The van der Waals surface area contributed by atoms with Gasteiger partial charge in [0.1, 0.15) is 23.0 Å². The van der Waals surface area contributed by atoms with Crippen LogP contribution >= 0.6 is 0 Å². The molecule has 12 heteroatoms. The highest BCUT2D eigenvalue weighted by molar-refractivity contribution is 5.99. The number of fused-ring (bicyclic) bond motifs is 5. The smallest absolute Gasteiger partial charge is 0.274 e. The second-order valence-corrected chi connectivity index (χ2v) is 9.68. The predicted molar refractivity (Wildman–Crippen MR) is 119 cm³/mol. The number of hydrogen-bond donors (Lipinski definition) is 3. The van der Waals surface area contributed by atoms with E-state index in [-0.39, 0.29) is 30.6 Å². The molecule has 190 valence electrons. The summed E-state index contributed by atoms with van der Waals surface area (Å²) in [5, 5.41) is 15.8. The number of amides is 3. The molecule has 1 aromatic carbocycles. The van der Waals surface area contributed by atoms with Gasteiger partial charge in [-0.15, -0.1) is 0 Å². The minimum Gasteiger partial charge on any atom is -0.503 e. The van der Waals surface area contributed by atoms with Gasteiger partial charge in [0, 0.05) is 61.4 Å². The molecule has 2 fully saturated rings. The molecule has 36 heavy (non-hydrogen) atoms. The number of hydrogen-bond acceptors (Lipinski definition) is 5. The number of nitrogens with zero attached hydrogens (tertiary/aromatic N) is 2. The number of halogens is 3. The van der Waals surface area contributed by atoms with Crippen molar-refractivity contribution in [3.8, 4) is 5.75 Å². The van der Waals surface area contributed by atoms with E-state index in [1.54, 1.807) is 4.90 Å². The van der Waals surface area contributed by atoms with E-state index >= 15 is 0 Å². The monoisotopic (exact) mass is 504 g/mol. The zero-order valence-corrected chi connectivity index (χ0v) is 19.2. The van der Waals surface area contributed by atoms with Crippen molar-refractivity contribution < 1.29 is 32.7 Å². The molecule has 3 N–H and O–H groups in total. The summed E-state index contributed by atoms with van der Waals surface area (Å²) in [5.74, 6) is -6.22. The van der Waals surface area contributed by atoms with Gasteiger partial charge >= 0.3 is 0 Å². The Labute approximate surface area is 202 Å². The molecule has 2 aromatic rings. The Hall–Kier alpha value is -3.83. The molecule has 5 rings (SSSR count). The lowest BCUT2D eigenvalue weighted by Gasteiger charge is -2.42. The van der Waals surface area contributed by atoms with Crippen LogP contribution in [0.15, 0.2) is 23.1 Å². The molecule has 3 aliphatic heterocycles. The summed E-state index contributed by atoms with van der Waals surface area (Å²) in [6.07, 6.45) is 2.55. The van der Waals surface area contributed by atoms with E-state index in [0.717, 1.165) is 6.20 Å². The minimum absolute atomic E-state index is 0.152. The number of aromatic hydroxyl groups is 1. The van der Waals surface area contributed by atoms with Crippen molar-refractivity contribution in [1.82, 2.24) is 20.1 Å². The lowest BCUT2D eigenvalue weighted by Crippen LogP contribution is -2.50. The fraction of sp³-hybridized carbons (Fsp3) is 0.417. The first-order valence-electron chi connectivity index (χ1n) is 11.5. The molecule has 0 aliphatic carbocycles. The molecule has 3 atom stereocenters. The summed E-state index contributed by atoms with van der Waals surface area (Å²) in [6, 6.07) is 0.219. The van der Waals surface area contributed by atoms with Crippen molar-refractivity contribution >= 4 is 17.7 Å². The lowest BCUT2D eigenvalue weighted by molar-refractivity contribution is -0.119. The van der Waals surface area contributed by atoms with Crippen LogP contribution in [0.3, 0.4) is 0 Å². The quantitative estimate of drug-likeness (QED) is 0.587. The summed E-state index contributed by atoms with van der Waals surface area (Å²) >= 11 is 0. The summed E-state index contributed by atoms with van der Waals surface area (Å²) in [4.78, 5) is 52.8. The Kier molecular flexibility index (Phi) is 5.56. The van der Waals surface area contributed by atoms with E-state index in [2.05, 4.69) is 10.6 Å². The molecule has 2 bridgehead atoms. The maximum absolute atomic E-state index is 14.0. The lowest BCUT2D eigenvalue weighted by atomic mass is 9.75. The van der Waals surface area contributed by atoms with Crippen LogP contribution in [0.4, 0.5) is 13.2 Å². The normalized spacial score (nSPS) is 24.9. The Balaban J connectivity index is 1.55. The molecule has 9 nitrogen and oxygen atoms in total. The summed E-state index contributed by atoms with van der Waals surface area (Å²) in [6.45, 7) is 1.73. The third-order valence-corrected chi connectivity index (χ3v) is 7.60. The van der Waals surface area contributed by atoms with E-state index in [1.165, 1.54) is 4.57 Å². The van der Waals surface area contributed by atoms with Crippen molar-refractivity contribution in [2.75, 3.05) is 13.1 Å². The van der Waals surface area contributed by atoms with E-state index in [4.69, 9.17) is 0 Å². The molecule has 0 radical (unpaired) electrons. The number of pyridine rings is 1. The van der Waals surface area contributed by atoms with Gasteiger partial charge in [-0.2, -0.15) is 0 Å². The number of carbonyl (C=O) groups excluding carboxylic acids is 3. The fourth-order valence-corrected chi connectivity index (χ4v) is 5.56. The van der Waals surface area contributed by atoms with E-state index in [0.29, 0.717) is 31.5 Å². The number of carbonyl (C=O) groups is 3. The molecule has 0 unspecified atom stereocenters. The molecule has 3 aliphatic rings. The molecule has 2 saturated heterocycles. The van der Waals surface area contributed by atoms with Crippen LogP contribution in [-0.2, 0) is 11.3 Å². The average Bonchev–Trinajstić information content (AvgIpc) is 3.14. The molecular weight excluding hydrogens is 481 g/mol. The SMILES string of the molecule is C[C@H]1CC[C@@]2(CNC(=O)C2)[C@H]2CN1C(=O)c1c(O)c(=O)c(C(=O)NCc3c(F)cc(F)cc3F)cn12. The number of rotatable bonds is 3. The van der Waals surface area contributed by atoms with Gasteiger partial charge in [0.2, 0.25) is 11.3 Å². The molecular formula is C24H23F3N4O5. The Morgan fingerprint density at radius 3 is 2.56 bits per heavy atom. The van der Waals surface area contributed by atoms with Gasteiger partial charge in [-0.25, -0.2) is 13.2 Å². The number of aromatic nitrogens is 1. The average molecular weight is 504 g/mol. The first-order chi connectivity index (χ1) is 17.0. The van der Waals surface area contributed by atoms with Crippen LogP contribution in [-0.4, -0.2) is 51.4 Å². The Morgan fingerprint density at radius 1 is 1.22 bits per heavy atom. The van der Waals surface area contributed by atoms with Gasteiger partial charge in [0.25, 0.3) is 11.8 Å². The van der Waals surface area contributed by atoms with E-state index < -0.39 is 69.6 Å². The third-order valence-electron chi connectivity index (χ3n) is 7.60. The Bertz CT molecular complexity index is 1350. The topological polar surface area (TPSA) is 121 Å². The van der Waals surface area contributed by atoms with Crippen LogP contribution in [0.2, 0.25) is 0 Å². The minimum atomic E-state index is -1.21.